The highest BCUT2D eigenvalue weighted by molar-refractivity contribution is 6.99. The molecule has 3 fully saturated rings. The van der Waals surface area contributed by atoms with Gasteiger partial charge in [-0.1, -0.05) is 106 Å². The van der Waals surface area contributed by atoms with Crippen LogP contribution in [0.4, 0.5) is 0 Å². The van der Waals surface area contributed by atoms with Gasteiger partial charge in [0, 0.05) is 6.04 Å². The summed E-state index contributed by atoms with van der Waals surface area (Å²) in [5.41, 5.74) is 3.14. The maximum atomic E-state index is 14.4. The molecule has 0 bridgehead atoms. The zero-order valence-electron chi connectivity index (χ0n) is 31.6. The Morgan fingerprint density at radius 2 is 1.60 bits per heavy atom. The quantitative estimate of drug-likeness (QED) is 0.129. The first-order valence-electron chi connectivity index (χ1n) is 19.6. The van der Waals surface area contributed by atoms with Crippen molar-refractivity contribution in [3.05, 3.63) is 101 Å². The Hall–Kier alpha value is -3.54. The minimum absolute atomic E-state index is 0.0455. The van der Waals surface area contributed by atoms with Gasteiger partial charge in [0.25, 0.3) is 8.32 Å². The Labute approximate surface area is 315 Å². The number of allylic oxidation sites excluding steroid dienone is 1. The monoisotopic (exact) mass is 735 g/mol. The lowest BCUT2D eigenvalue weighted by Crippen LogP contribution is -2.66. The molecule has 1 aromatic heterocycles. The summed E-state index contributed by atoms with van der Waals surface area (Å²) in [5.74, 6) is -0.223. The van der Waals surface area contributed by atoms with E-state index in [1.165, 1.54) is 10.4 Å². The number of hydrogen-bond donors (Lipinski definition) is 2. The average Bonchev–Trinajstić information content (AvgIpc) is 3.71. The Morgan fingerprint density at radius 3 is 2.21 bits per heavy atom. The molecule has 2 aromatic carbocycles. The normalized spacial score (nSPS) is 24.5. The molecule has 0 radical (unpaired) electrons. The molecule has 7 rings (SSSR count). The van der Waals surface area contributed by atoms with Crippen LogP contribution in [-0.4, -0.2) is 61.0 Å². The van der Waals surface area contributed by atoms with Gasteiger partial charge in [0.15, 0.2) is 0 Å². The van der Waals surface area contributed by atoms with Crippen LogP contribution in [0.5, 0.6) is 0 Å². The zero-order valence-corrected chi connectivity index (χ0v) is 32.6. The number of rotatable bonds is 11. The van der Waals surface area contributed by atoms with Gasteiger partial charge in [-0.25, -0.2) is 0 Å². The van der Waals surface area contributed by atoms with Crippen LogP contribution in [0.25, 0.3) is 6.08 Å². The molecule has 3 heterocycles. The van der Waals surface area contributed by atoms with Gasteiger partial charge in [0.2, 0.25) is 11.8 Å². The molecular weight excluding hydrogens is 681 g/mol. The van der Waals surface area contributed by atoms with Crippen molar-refractivity contribution in [2.75, 3.05) is 6.61 Å². The lowest BCUT2D eigenvalue weighted by atomic mass is 9.58. The molecule has 3 aromatic rings. The average molecular weight is 736 g/mol. The predicted molar refractivity (Wildman–Crippen MR) is 210 cm³/mol. The molecule has 0 unspecified atom stereocenters. The first kappa shape index (κ1) is 37.8. The third-order valence-electron chi connectivity index (χ3n) is 12.2. The van der Waals surface area contributed by atoms with Gasteiger partial charge in [-0.3, -0.25) is 14.5 Å². The van der Waals surface area contributed by atoms with Crippen molar-refractivity contribution < 1.29 is 33.2 Å². The number of carbonyl (C=O) groups excluding carboxylic acids is 2. The Balaban J connectivity index is 1.28. The second-order valence-electron chi connectivity index (χ2n) is 16.6. The zero-order chi connectivity index (χ0) is 37.3. The van der Waals surface area contributed by atoms with Crippen molar-refractivity contribution in [2.24, 2.45) is 17.8 Å². The van der Waals surface area contributed by atoms with E-state index in [1.807, 2.05) is 31.2 Å². The summed E-state index contributed by atoms with van der Waals surface area (Å²) >= 11 is 0. The molecule has 2 amide bonds. The van der Waals surface area contributed by atoms with Crippen LogP contribution in [-0.2, 0) is 25.3 Å². The highest BCUT2D eigenvalue weighted by Gasteiger charge is 2.59. The second-order valence-corrected chi connectivity index (χ2v) is 20.9. The molecule has 1 saturated carbocycles. The Bertz CT molecular complexity index is 1790. The standard InChI is InChI=1S/C43H54BNO7Si/c1-29(24-32-21-22-33(27-46)51-32)20-23-38-39-30(28-50-53(43(2,3)4,34-16-10-6-11-17-34)35-18-12-7-13-19-35)25-36-40(37(39)26-44(49)52-38)42(48)45(41(36)47)31-14-8-5-9-15-31/h6-7,10-13,16-19,21-22,24,31,36-38,40,46,49H,5,8-9,14-15,20,23,25-28H2,1-4H3/b29-24+/t36-,37+,38-,40-/m1/s1. The van der Waals surface area contributed by atoms with E-state index in [1.54, 1.807) is 11.0 Å². The maximum absolute atomic E-state index is 14.4. The van der Waals surface area contributed by atoms with Crippen molar-refractivity contribution in [1.29, 1.82) is 0 Å². The number of aliphatic hydroxyl groups excluding tert-OH is 1. The van der Waals surface area contributed by atoms with Gasteiger partial charge < -0.3 is 23.6 Å². The number of hydrogen-bond acceptors (Lipinski definition) is 7. The van der Waals surface area contributed by atoms with Crippen molar-refractivity contribution >= 4 is 43.7 Å². The summed E-state index contributed by atoms with van der Waals surface area (Å²) in [6.45, 7) is 8.98. The van der Waals surface area contributed by atoms with Crippen LogP contribution in [0.2, 0.25) is 11.4 Å². The molecule has 2 aliphatic carbocycles. The van der Waals surface area contributed by atoms with E-state index >= 15 is 0 Å². The van der Waals surface area contributed by atoms with Crippen LogP contribution in [0.3, 0.4) is 0 Å². The molecule has 2 N–H and O–H groups in total. The van der Waals surface area contributed by atoms with Gasteiger partial charge in [-0.2, -0.15) is 0 Å². The van der Waals surface area contributed by atoms with E-state index in [-0.39, 0.29) is 41.7 Å². The van der Waals surface area contributed by atoms with Gasteiger partial charge in [-0.05, 0) is 96.0 Å². The highest BCUT2D eigenvalue weighted by Crippen LogP contribution is 2.52. The molecule has 2 saturated heterocycles. The first-order chi connectivity index (χ1) is 25.5. The predicted octanol–water partition coefficient (Wildman–Crippen LogP) is 6.66. The molecule has 280 valence electrons. The van der Waals surface area contributed by atoms with Crippen LogP contribution < -0.4 is 10.4 Å². The van der Waals surface area contributed by atoms with E-state index in [0.29, 0.717) is 37.4 Å². The molecule has 4 atom stereocenters. The summed E-state index contributed by atoms with van der Waals surface area (Å²) in [6, 6.07) is 24.7. The smallest absolute Gasteiger partial charge is 0.455 e. The Kier molecular flexibility index (Phi) is 11.2. The molecule has 0 spiro atoms. The van der Waals surface area contributed by atoms with Crippen LogP contribution >= 0.6 is 0 Å². The van der Waals surface area contributed by atoms with Crippen molar-refractivity contribution in [2.45, 2.75) is 109 Å². The van der Waals surface area contributed by atoms with E-state index in [0.717, 1.165) is 48.8 Å². The summed E-state index contributed by atoms with van der Waals surface area (Å²) in [5, 5.41) is 22.8. The molecule has 4 aliphatic rings. The van der Waals surface area contributed by atoms with Crippen LogP contribution in [0, 0.1) is 17.8 Å². The fourth-order valence-corrected chi connectivity index (χ4v) is 14.4. The number of amides is 2. The number of nitrogens with zero attached hydrogens (tertiary/aromatic N) is 1. The lowest BCUT2D eigenvalue weighted by Gasteiger charge is -2.46. The van der Waals surface area contributed by atoms with Crippen molar-refractivity contribution in [3.63, 3.8) is 0 Å². The lowest BCUT2D eigenvalue weighted by molar-refractivity contribution is -0.143. The van der Waals surface area contributed by atoms with E-state index in [9.17, 15) is 19.7 Å². The van der Waals surface area contributed by atoms with Gasteiger partial charge in [-0.15, -0.1) is 0 Å². The number of furan rings is 1. The van der Waals surface area contributed by atoms with Gasteiger partial charge in [0.05, 0.1) is 24.5 Å². The molecule has 53 heavy (non-hydrogen) atoms. The Morgan fingerprint density at radius 1 is 0.943 bits per heavy atom. The number of likely N-dealkylation sites (tertiary alicyclic amines) is 1. The molecule has 2 aliphatic heterocycles. The fourth-order valence-electron chi connectivity index (χ4n) is 9.81. The third kappa shape index (κ3) is 7.33. The number of fused-ring (bicyclic) bond motifs is 3. The number of aliphatic hydroxyl groups is 1. The first-order valence-corrected chi connectivity index (χ1v) is 21.5. The van der Waals surface area contributed by atoms with Crippen molar-refractivity contribution in [1.82, 2.24) is 4.90 Å². The van der Waals surface area contributed by atoms with E-state index in [2.05, 4.69) is 69.3 Å². The maximum Gasteiger partial charge on any atom is 0.455 e. The number of imide groups is 1. The van der Waals surface area contributed by atoms with Gasteiger partial charge in [0.1, 0.15) is 18.1 Å². The van der Waals surface area contributed by atoms with Crippen LogP contribution in [0.1, 0.15) is 90.6 Å². The van der Waals surface area contributed by atoms with E-state index in [4.69, 9.17) is 13.5 Å². The topological polar surface area (TPSA) is 109 Å². The molecule has 8 nitrogen and oxygen atoms in total. The number of benzene rings is 2. The van der Waals surface area contributed by atoms with Crippen molar-refractivity contribution in [3.8, 4) is 0 Å². The van der Waals surface area contributed by atoms with E-state index < -0.39 is 33.4 Å². The molecular formula is C43H54BNO7Si. The number of carbonyl (C=O) groups is 2. The summed E-state index contributed by atoms with van der Waals surface area (Å²) in [4.78, 5) is 30.4. The third-order valence-corrected chi connectivity index (χ3v) is 17.2. The summed E-state index contributed by atoms with van der Waals surface area (Å²) in [6.07, 6.45) is 8.43. The second kappa shape index (κ2) is 15.7. The largest absolute Gasteiger partial charge is 0.459 e. The summed E-state index contributed by atoms with van der Waals surface area (Å²) in [7, 11) is -3.98. The SMILES string of the molecule is C/C(=C\c1ccc(CO)o1)CC[C@H]1OB(O)C[C@H]2C1=C(CO[Si](c1ccccc1)(c1ccccc1)C(C)(C)C)C[C@H]1C(=O)N(C3CCCCC3)C(=O)[C@H]12. The minimum atomic E-state index is -2.93. The van der Waals surface area contributed by atoms with Gasteiger partial charge >= 0.3 is 7.12 Å². The highest BCUT2D eigenvalue weighted by atomic mass is 28.4. The fraction of sp³-hybridized carbons (Fsp3) is 0.488. The summed E-state index contributed by atoms with van der Waals surface area (Å²) < 4.78 is 19.6. The molecule has 10 heteroatoms. The minimum Gasteiger partial charge on any atom is -0.459 e. The van der Waals surface area contributed by atoms with Crippen LogP contribution in [0.15, 0.2) is 93.9 Å².